The van der Waals surface area contributed by atoms with Crippen molar-refractivity contribution in [1.29, 1.82) is 0 Å². The number of hydrogen-bond acceptors (Lipinski definition) is 0. The van der Waals surface area contributed by atoms with Gasteiger partial charge in [0.1, 0.15) is 17.5 Å². The Labute approximate surface area is 173 Å². The molecule has 15 heteroatoms. The molecule has 0 radical (unpaired) electrons. The van der Waals surface area contributed by atoms with Gasteiger partial charge in [-0.1, -0.05) is 0 Å². The zero-order valence-corrected chi connectivity index (χ0v) is 15.3. The zero-order valence-electron chi connectivity index (χ0n) is 15.3. The second-order valence-corrected chi connectivity index (χ2v) is 6.65. The van der Waals surface area contributed by atoms with Gasteiger partial charge in [-0.15, -0.1) is 5.46 Å². The monoisotopic (exact) mass is 495 g/mol. The first-order valence-corrected chi connectivity index (χ1v) is 8.40. The van der Waals surface area contributed by atoms with Gasteiger partial charge in [0.05, 0.1) is 5.56 Å². The molecule has 0 heterocycles. The van der Waals surface area contributed by atoms with E-state index >= 15 is 0 Å². The van der Waals surface area contributed by atoms with Gasteiger partial charge in [0.15, 0.2) is 58.2 Å². The molecule has 0 atom stereocenters. The number of rotatable bonds is 3. The fraction of sp³-hybridized carbons (Fsp3) is 0. The highest BCUT2D eigenvalue weighted by Gasteiger charge is 2.33. The van der Waals surface area contributed by atoms with E-state index in [2.05, 4.69) is 0 Å². The Morgan fingerprint density at radius 2 is 0.485 bits per heavy atom. The molecule has 0 fully saturated rings. The average molecular weight is 495 g/mol. The highest BCUT2D eigenvalue weighted by Crippen LogP contribution is 2.34. The van der Waals surface area contributed by atoms with Crippen LogP contribution in [0.15, 0.2) is 0 Å². The first kappa shape index (κ1) is 24.4. The van der Waals surface area contributed by atoms with Gasteiger partial charge in [-0.25, -0.2) is 61.5 Å². The van der Waals surface area contributed by atoms with E-state index in [0.717, 1.165) is 0 Å². The third kappa shape index (κ3) is 3.49. The van der Waals surface area contributed by atoms with Crippen LogP contribution < -0.4 is 10.9 Å². The normalized spacial score (nSPS) is 11.5. The molecule has 3 aromatic rings. The minimum Gasteiger partial charge on any atom is -0.207 e. The summed E-state index contributed by atoms with van der Waals surface area (Å²) >= 11 is 0. The minimum absolute atomic E-state index is 1.89. The third-order valence-electron chi connectivity index (χ3n) is 4.89. The van der Waals surface area contributed by atoms with Crippen LogP contribution in [-0.4, -0.2) is 7.28 Å². The molecule has 0 bridgehead atoms. The summed E-state index contributed by atoms with van der Waals surface area (Å²) in [7, 11) is -3.60. The highest BCUT2D eigenvalue weighted by atomic mass is 19.2. The van der Waals surface area contributed by atoms with Crippen molar-refractivity contribution >= 4 is 18.2 Å². The van der Waals surface area contributed by atoms with Crippen molar-refractivity contribution in [2.75, 3.05) is 0 Å². The Balaban J connectivity index is 2.48. The molecule has 3 rings (SSSR count). The summed E-state index contributed by atoms with van der Waals surface area (Å²) in [5.41, 5.74) is -8.33. The van der Waals surface area contributed by atoms with Crippen LogP contribution in [0.2, 0.25) is 0 Å². The predicted octanol–water partition coefficient (Wildman–Crippen LogP) is 4.42. The lowest BCUT2D eigenvalue weighted by Gasteiger charge is -2.21. The van der Waals surface area contributed by atoms with E-state index < -0.39 is 111 Å². The molecule has 0 saturated carbocycles. The molecule has 176 valence electrons. The summed E-state index contributed by atoms with van der Waals surface area (Å²) in [6.45, 7) is 0. The van der Waals surface area contributed by atoms with Gasteiger partial charge >= 0.3 is 0 Å². The van der Waals surface area contributed by atoms with Crippen LogP contribution >= 0.6 is 0 Å². The Bertz CT molecular complexity index is 1280. The summed E-state index contributed by atoms with van der Waals surface area (Å²) in [6.07, 6.45) is 0. The fourth-order valence-corrected chi connectivity index (χ4v) is 3.28. The molecule has 0 aromatic heterocycles. The van der Waals surface area contributed by atoms with Crippen molar-refractivity contribution in [3.8, 4) is 11.1 Å². The summed E-state index contributed by atoms with van der Waals surface area (Å²) < 4.78 is 193. The highest BCUT2D eigenvalue weighted by molar-refractivity contribution is 6.69. The number of benzene rings is 3. The molecule has 0 nitrogen and oxygen atoms in total. The van der Waals surface area contributed by atoms with Crippen molar-refractivity contribution in [1.82, 2.24) is 0 Å². The van der Waals surface area contributed by atoms with Crippen LogP contribution in [0.5, 0.6) is 0 Å². The Hall–Kier alpha value is -3.26. The maximum Gasteiger partial charge on any atom is 0.200 e. The topological polar surface area (TPSA) is 0 Å². The smallest absolute Gasteiger partial charge is 0.200 e. The molecule has 0 N–H and O–H groups in total. The molecule has 0 unspecified atom stereocenters. The summed E-state index contributed by atoms with van der Waals surface area (Å²) in [6, 6.07) is 0. The van der Waals surface area contributed by atoms with Gasteiger partial charge in [-0.3, -0.25) is 0 Å². The molecular weight excluding hydrogens is 493 g/mol. The molecule has 33 heavy (non-hydrogen) atoms. The minimum atomic E-state index is -3.60. The Morgan fingerprint density at radius 3 is 0.848 bits per heavy atom. The van der Waals surface area contributed by atoms with E-state index in [1.54, 1.807) is 0 Å². The van der Waals surface area contributed by atoms with E-state index in [-0.39, 0.29) is 0 Å². The van der Waals surface area contributed by atoms with Crippen LogP contribution in [0.3, 0.4) is 0 Å². The lowest BCUT2D eigenvalue weighted by molar-refractivity contribution is 0.379. The molecular formula is C18H2BF14-. The van der Waals surface area contributed by atoms with Gasteiger partial charge < -0.3 is 0 Å². The average Bonchev–Trinajstić information content (AvgIpc) is 2.79. The van der Waals surface area contributed by atoms with Gasteiger partial charge in [0, 0.05) is 7.28 Å². The molecule has 3 aromatic carbocycles. The number of hydrogen-bond donors (Lipinski definition) is 0. The molecule has 0 amide bonds. The third-order valence-corrected chi connectivity index (χ3v) is 4.89. The second-order valence-electron chi connectivity index (χ2n) is 6.65. The van der Waals surface area contributed by atoms with E-state index in [0.29, 0.717) is 0 Å². The number of halogens is 14. The standard InChI is InChI=1S/C18H2BF14/c20-5-1(2-6(21)12(27)17(32)13(28)7(2)22)3(8(23)14(29)11(5)26)19-4-9(24)15(30)18(33)16(31)10(4)25/h19H2/q-1. The van der Waals surface area contributed by atoms with E-state index in [1.165, 1.54) is 0 Å². The van der Waals surface area contributed by atoms with Crippen LogP contribution in [0, 0.1) is 81.4 Å². The van der Waals surface area contributed by atoms with Gasteiger partial charge in [0.2, 0.25) is 5.82 Å². The maximum absolute atomic E-state index is 14.4. The zero-order chi connectivity index (χ0) is 25.1. The predicted molar refractivity (Wildman–Crippen MR) is 85.5 cm³/mol. The van der Waals surface area contributed by atoms with Crippen molar-refractivity contribution in [3.63, 3.8) is 0 Å². The van der Waals surface area contributed by atoms with E-state index in [4.69, 9.17) is 0 Å². The lowest BCUT2D eigenvalue weighted by Crippen LogP contribution is -2.39. The van der Waals surface area contributed by atoms with E-state index in [9.17, 15) is 61.5 Å². The van der Waals surface area contributed by atoms with Crippen molar-refractivity contribution < 1.29 is 61.5 Å². The quantitative estimate of drug-likeness (QED) is 0.219. The van der Waals surface area contributed by atoms with Crippen LogP contribution in [0.1, 0.15) is 0 Å². The largest absolute Gasteiger partial charge is 0.207 e. The molecule has 0 aliphatic heterocycles. The fourth-order valence-electron chi connectivity index (χ4n) is 3.28. The van der Waals surface area contributed by atoms with Gasteiger partial charge in [-0.05, 0) is 5.56 Å². The molecule has 0 spiro atoms. The molecule has 0 saturated heterocycles. The van der Waals surface area contributed by atoms with Crippen molar-refractivity contribution in [2.24, 2.45) is 0 Å². The Kier molecular flexibility index (Phi) is 6.11. The van der Waals surface area contributed by atoms with Crippen LogP contribution in [0.4, 0.5) is 61.5 Å². The lowest BCUT2D eigenvalue weighted by atomic mass is 9.60. The second kappa shape index (κ2) is 8.26. The SMILES string of the molecule is Fc1c(F)c(F)c([BH2-]c2c(F)c(F)c(F)c(F)c2-c2c(F)c(F)c(F)c(F)c2F)c(F)c1F. The van der Waals surface area contributed by atoms with Crippen molar-refractivity contribution in [2.45, 2.75) is 0 Å². The van der Waals surface area contributed by atoms with Crippen LogP contribution in [-0.2, 0) is 0 Å². The summed E-state index contributed by atoms with van der Waals surface area (Å²) in [4.78, 5) is 0. The summed E-state index contributed by atoms with van der Waals surface area (Å²) in [5.74, 6) is -38.1. The van der Waals surface area contributed by atoms with Gasteiger partial charge in [-0.2, -0.15) is 5.46 Å². The van der Waals surface area contributed by atoms with Crippen LogP contribution in [0.25, 0.3) is 11.1 Å². The van der Waals surface area contributed by atoms with Gasteiger partial charge in [0.25, 0.3) is 0 Å². The van der Waals surface area contributed by atoms with Crippen molar-refractivity contribution in [3.05, 3.63) is 81.4 Å². The Morgan fingerprint density at radius 1 is 0.242 bits per heavy atom. The van der Waals surface area contributed by atoms with E-state index in [1.807, 2.05) is 0 Å². The first-order valence-electron chi connectivity index (χ1n) is 8.40. The first-order chi connectivity index (χ1) is 15.2. The maximum atomic E-state index is 14.4. The molecule has 0 aliphatic rings. The molecule has 0 aliphatic carbocycles. The summed E-state index contributed by atoms with van der Waals surface area (Å²) in [5, 5.41) is 0.